The summed E-state index contributed by atoms with van der Waals surface area (Å²) in [5, 5.41) is 7.31. The Balaban J connectivity index is 0.993. The average molecular weight is 720 g/mol. The monoisotopic (exact) mass is 719 g/mol. The number of anilines is 3. The molecule has 0 spiro atoms. The molecule has 55 heavy (non-hydrogen) atoms. The minimum atomic E-state index is 0.892. The van der Waals surface area contributed by atoms with Gasteiger partial charge in [0.05, 0.1) is 10.4 Å². The van der Waals surface area contributed by atoms with Crippen LogP contribution in [-0.2, 0) is 0 Å². The predicted octanol–water partition coefficient (Wildman–Crippen LogP) is 15.6. The second-order valence-electron chi connectivity index (χ2n) is 14.1. The standard InChI is InChI=1S/C52H33NOS/c1-2-11-36-31-41(23-22-34(36)10-1)40-15-8-14-39(32-40)38-13-7-12-37(30-38)35-24-26-42(27-25-35)53(43-28-29-50-47(33-43)44-16-3-5-20-49(44)54-50)48-19-9-18-46-45-17-4-6-21-51(45)55-52(46)48/h1-33H. The maximum Gasteiger partial charge on any atom is 0.135 e. The van der Waals surface area contributed by atoms with Crippen LogP contribution in [0.5, 0.6) is 0 Å². The van der Waals surface area contributed by atoms with E-state index in [1.54, 1.807) is 0 Å². The van der Waals surface area contributed by atoms with Crippen molar-refractivity contribution in [3.05, 3.63) is 200 Å². The van der Waals surface area contributed by atoms with Gasteiger partial charge in [-0.15, -0.1) is 11.3 Å². The topological polar surface area (TPSA) is 16.4 Å². The van der Waals surface area contributed by atoms with Gasteiger partial charge < -0.3 is 9.32 Å². The molecule has 0 unspecified atom stereocenters. The number of thiophene rings is 1. The van der Waals surface area contributed by atoms with Gasteiger partial charge in [0, 0.05) is 37.6 Å². The van der Waals surface area contributed by atoms with Crippen LogP contribution in [0.4, 0.5) is 17.1 Å². The molecular weight excluding hydrogens is 687 g/mol. The Morgan fingerprint density at radius 2 is 0.927 bits per heavy atom. The van der Waals surface area contributed by atoms with Gasteiger partial charge in [-0.2, -0.15) is 0 Å². The molecule has 0 saturated heterocycles. The summed E-state index contributed by atoms with van der Waals surface area (Å²) in [7, 11) is 0. The molecule has 0 bridgehead atoms. The van der Waals surface area contributed by atoms with Gasteiger partial charge in [0.25, 0.3) is 0 Å². The summed E-state index contributed by atoms with van der Waals surface area (Å²) in [5.74, 6) is 0. The van der Waals surface area contributed by atoms with Gasteiger partial charge in [-0.3, -0.25) is 0 Å². The first-order chi connectivity index (χ1) is 27.2. The van der Waals surface area contributed by atoms with Crippen LogP contribution in [0, 0.1) is 0 Å². The number of para-hydroxylation sites is 1. The van der Waals surface area contributed by atoms with Crippen molar-refractivity contribution >= 4 is 81.3 Å². The van der Waals surface area contributed by atoms with Crippen LogP contribution in [0.3, 0.4) is 0 Å². The SMILES string of the molecule is c1cc(-c2ccc(N(c3ccc4oc5ccccc5c4c3)c3cccc4c3sc3ccccc34)cc2)cc(-c2cccc(-c3ccc4ccccc4c3)c2)c1. The Hall–Kier alpha value is -6.94. The third kappa shape index (κ3) is 5.48. The highest BCUT2D eigenvalue weighted by molar-refractivity contribution is 7.26. The molecule has 2 aromatic heterocycles. The van der Waals surface area contributed by atoms with Crippen molar-refractivity contribution < 1.29 is 4.42 Å². The zero-order chi connectivity index (χ0) is 36.3. The number of benzene rings is 9. The summed E-state index contributed by atoms with van der Waals surface area (Å²) in [6.45, 7) is 0. The number of rotatable bonds is 6. The van der Waals surface area contributed by atoms with Crippen LogP contribution in [0.2, 0.25) is 0 Å². The van der Waals surface area contributed by atoms with Gasteiger partial charge in [-0.25, -0.2) is 0 Å². The van der Waals surface area contributed by atoms with E-state index in [1.165, 1.54) is 64.3 Å². The van der Waals surface area contributed by atoms with Crippen molar-refractivity contribution in [1.29, 1.82) is 0 Å². The van der Waals surface area contributed by atoms with Crippen molar-refractivity contribution in [2.24, 2.45) is 0 Å². The molecule has 9 aromatic carbocycles. The van der Waals surface area contributed by atoms with E-state index in [2.05, 4.69) is 193 Å². The first kappa shape index (κ1) is 31.6. The lowest BCUT2D eigenvalue weighted by Crippen LogP contribution is -2.10. The molecule has 11 aromatic rings. The van der Waals surface area contributed by atoms with Gasteiger partial charge in [-0.05, 0) is 111 Å². The van der Waals surface area contributed by atoms with Crippen molar-refractivity contribution in [3.63, 3.8) is 0 Å². The van der Waals surface area contributed by atoms with Crippen LogP contribution in [0.25, 0.3) is 86.3 Å². The molecule has 2 nitrogen and oxygen atoms in total. The smallest absolute Gasteiger partial charge is 0.135 e. The third-order valence-corrected chi connectivity index (χ3v) is 12.1. The van der Waals surface area contributed by atoms with E-state index < -0.39 is 0 Å². The van der Waals surface area contributed by atoms with Gasteiger partial charge in [0.2, 0.25) is 0 Å². The number of hydrogen-bond donors (Lipinski definition) is 0. The molecule has 0 fully saturated rings. The molecule has 2 heterocycles. The largest absolute Gasteiger partial charge is 0.456 e. The van der Waals surface area contributed by atoms with Crippen molar-refractivity contribution in [1.82, 2.24) is 0 Å². The molecule has 0 aliphatic rings. The van der Waals surface area contributed by atoms with Crippen molar-refractivity contribution in [2.45, 2.75) is 0 Å². The summed E-state index contributed by atoms with van der Waals surface area (Å²) in [4.78, 5) is 2.40. The zero-order valence-corrected chi connectivity index (χ0v) is 30.6. The van der Waals surface area contributed by atoms with E-state index in [0.29, 0.717) is 0 Å². The second kappa shape index (κ2) is 12.9. The third-order valence-electron chi connectivity index (χ3n) is 10.8. The molecule has 0 amide bonds. The Bertz CT molecular complexity index is 3220. The lowest BCUT2D eigenvalue weighted by molar-refractivity contribution is 0.669. The predicted molar refractivity (Wildman–Crippen MR) is 235 cm³/mol. The van der Waals surface area contributed by atoms with Crippen LogP contribution in [-0.4, -0.2) is 0 Å². The summed E-state index contributed by atoms with van der Waals surface area (Å²) in [5.41, 5.74) is 12.3. The Morgan fingerprint density at radius 3 is 1.73 bits per heavy atom. The van der Waals surface area contributed by atoms with Gasteiger partial charge in [-0.1, -0.05) is 133 Å². The number of nitrogens with zero attached hydrogens (tertiary/aromatic N) is 1. The van der Waals surface area contributed by atoms with Crippen LogP contribution in [0.1, 0.15) is 0 Å². The fourth-order valence-electron chi connectivity index (χ4n) is 8.12. The molecule has 0 atom stereocenters. The van der Waals surface area contributed by atoms with E-state index in [0.717, 1.165) is 39.0 Å². The maximum absolute atomic E-state index is 6.24. The van der Waals surface area contributed by atoms with E-state index in [9.17, 15) is 0 Å². The van der Waals surface area contributed by atoms with Crippen LogP contribution < -0.4 is 4.90 Å². The summed E-state index contributed by atoms with van der Waals surface area (Å²) in [6, 6.07) is 72.3. The van der Waals surface area contributed by atoms with E-state index >= 15 is 0 Å². The van der Waals surface area contributed by atoms with Gasteiger partial charge >= 0.3 is 0 Å². The molecule has 0 saturated carbocycles. The molecule has 258 valence electrons. The molecule has 11 rings (SSSR count). The summed E-state index contributed by atoms with van der Waals surface area (Å²) >= 11 is 1.85. The summed E-state index contributed by atoms with van der Waals surface area (Å²) in [6.07, 6.45) is 0. The van der Waals surface area contributed by atoms with Crippen LogP contribution in [0.15, 0.2) is 205 Å². The first-order valence-electron chi connectivity index (χ1n) is 18.7. The Morgan fingerprint density at radius 1 is 0.345 bits per heavy atom. The number of furan rings is 1. The van der Waals surface area contributed by atoms with Crippen molar-refractivity contribution in [2.75, 3.05) is 4.90 Å². The van der Waals surface area contributed by atoms with Crippen molar-refractivity contribution in [3.8, 4) is 33.4 Å². The fourth-order valence-corrected chi connectivity index (χ4v) is 9.32. The van der Waals surface area contributed by atoms with E-state index in [-0.39, 0.29) is 0 Å². The minimum absolute atomic E-state index is 0.892. The first-order valence-corrected chi connectivity index (χ1v) is 19.5. The molecular formula is C52H33NOS. The molecule has 0 radical (unpaired) electrons. The maximum atomic E-state index is 6.24. The highest BCUT2D eigenvalue weighted by atomic mass is 32.1. The zero-order valence-electron chi connectivity index (χ0n) is 29.8. The second-order valence-corrected chi connectivity index (χ2v) is 15.2. The van der Waals surface area contributed by atoms with Gasteiger partial charge in [0.15, 0.2) is 0 Å². The number of fused-ring (bicyclic) bond motifs is 7. The van der Waals surface area contributed by atoms with Gasteiger partial charge in [0.1, 0.15) is 11.2 Å². The average Bonchev–Trinajstić information content (AvgIpc) is 3.83. The Labute approximate surface area is 322 Å². The van der Waals surface area contributed by atoms with Crippen LogP contribution >= 0.6 is 11.3 Å². The number of hydrogen-bond acceptors (Lipinski definition) is 3. The highest BCUT2D eigenvalue weighted by Gasteiger charge is 2.20. The minimum Gasteiger partial charge on any atom is -0.456 e. The quantitative estimate of drug-likeness (QED) is 0.170. The molecule has 0 aliphatic carbocycles. The molecule has 0 aliphatic heterocycles. The highest BCUT2D eigenvalue weighted by Crippen LogP contribution is 2.46. The van der Waals surface area contributed by atoms with E-state index in [1.807, 2.05) is 23.5 Å². The fraction of sp³-hybridized carbons (Fsp3) is 0. The molecule has 0 N–H and O–H groups in total. The van der Waals surface area contributed by atoms with E-state index in [4.69, 9.17) is 4.42 Å². The normalized spacial score (nSPS) is 11.6. The lowest BCUT2D eigenvalue weighted by Gasteiger charge is -2.26. The molecule has 3 heteroatoms. The lowest BCUT2D eigenvalue weighted by atomic mass is 9.95. The summed E-state index contributed by atoms with van der Waals surface area (Å²) < 4.78 is 8.80. The Kier molecular flexibility index (Phi) is 7.39.